The molecule has 0 saturated carbocycles. The van der Waals surface area contributed by atoms with E-state index in [9.17, 15) is 9.59 Å². The van der Waals surface area contributed by atoms with E-state index in [0.29, 0.717) is 58.5 Å². The SMILES string of the molecule is [2H]C([2H])([2H])Sc1ccc2c(cc1=O)[C@@H](NC(C)=O)CCc1cc(OC)c(OC)c(OC)c1-2. The second-order valence-electron chi connectivity index (χ2n) is 6.65. The van der Waals surface area contributed by atoms with Crippen molar-refractivity contribution in [3.63, 3.8) is 0 Å². The molecule has 2 aromatic rings. The van der Waals surface area contributed by atoms with Crippen molar-refractivity contribution in [1.29, 1.82) is 0 Å². The Labute approximate surface area is 178 Å². The lowest BCUT2D eigenvalue weighted by atomic mass is 9.95. The maximum absolute atomic E-state index is 12.9. The van der Waals surface area contributed by atoms with Crippen molar-refractivity contribution in [2.24, 2.45) is 0 Å². The number of carbonyl (C=O) groups excluding carboxylic acids is 1. The maximum atomic E-state index is 12.9. The van der Waals surface area contributed by atoms with E-state index >= 15 is 0 Å². The number of amides is 1. The van der Waals surface area contributed by atoms with Gasteiger partial charge in [0.15, 0.2) is 16.9 Å². The molecule has 0 spiro atoms. The fourth-order valence-corrected chi connectivity index (χ4v) is 4.07. The fraction of sp³-hybridized carbons (Fsp3) is 0.364. The molecule has 0 bridgehead atoms. The second-order valence-corrected chi connectivity index (χ2v) is 7.29. The third-order valence-corrected chi connectivity index (χ3v) is 5.55. The normalized spacial score (nSPS) is 16.8. The van der Waals surface area contributed by atoms with Crippen molar-refractivity contribution in [2.75, 3.05) is 27.5 Å². The molecule has 1 aliphatic carbocycles. The molecule has 0 heterocycles. The van der Waals surface area contributed by atoms with Crippen LogP contribution in [0.1, 0.15) is 34.6 Å². The molecule has 0 aliphatic heterocycles. The maximum Gasteiger partial charge on any atom is 0.217 e. The predicted octanol–water partition coefficient (Wildman–Crippen LogP) is 3.58. The van der Waals surface area contributed by atoms with Gasteiger partial charge in [-0.05, 0) is 53.9 Å². The molecule has 3 rings (SSSR count). The van der Waals surface area contributed by atoms with Gasteiger partial charge in [0.05, 0.1) is 32.3 Å². The fourth-order valence-electron chi connectivity index (χ4n) is 3.78. The zero-order valence-electron chi connectivity index (χ0n) is 19.8. The minimum absolute atomic E-state index is 0.0978. The van der Waals surface area contributed by atoms with Crippen LogP contribution in [0.4, 0.5) is 0 Å². The Balaban J connectivity index is 2.38. The van der Waals surface area contributed by atoms with Crippen molar-refractivity contribution >= 4 is 17.7 Å². The molecule has 7 heteroatoms. The van der Waals surface area contributed by atoms with Gasteiger partial charge in [-0.3, -0.25) is 9.59 Å². The number of benzene rings is 1. The predicted molar refractivity (Wildman–Crippen MR) is 114 cm³/mol. The Morgan fingerprint density at radius 3 is 2.55 bits per heavy atom. The number of methoxy groups -OCH3 is 3. The molecule has 6 nitrogen and oxygen atoms in total. The van der Waals surface area contributed by atoms with Crippen LogP contribution in [0.15, 0.2) is 34.0 Å². The van der Waals surface area contributed by atoms with Crippen molar-refractivity contribution < 1.29 is 23.1 Å². The van der Waals surface area contributed by atoms with E-state index in [0.717, 1.165) is 5.56 Å². The Hall–Kier alpha value is -2.67. The molecule has 1 amide bonds. The summed E-state index contributed by atoms with van der Waals surface area (Å²) in [5.74, 6) is 1.12. The quantitative estimate of drug-likeness (QED) is 0.748. The average Bonchev–Trinajstić information content (AvgIpc) is 2.95. The first-order chi connectivity index (χ1) is 15.1. The first-order valence-corrected chi connectivity index (χ1v) is 9.87. The number of nitrogens with one attached hydrogen (secondary N) is 1. The smallest absolute Gasteiger partial charge is 0.217 e. The number of carbonyl (C=O) groups is 1. The molecule has 1 aliphatic rings. The second kappa shape index (κ2) is 8.78. The summed E-state index contributed by atoms with van der Waals surface area (Å²) in [6.45, 7) is 1.42. The van der Waals surface area contributed by atoms with Crippen LogP contribution in [0.25, 0.3) is 11.1 Å². The van der Waals surface area contributed by atoms with Crippen molar-refractivity contribution in [1.82, 2.24) is 5.32 Å². The van der Waals surface area contributed by atoms with E-state index in [1.54, 1.807) is 6.07 Å². The van der Waals surface area contributed by atoms with Gasteiger partial charge in [-0.2, -0.15) is 0 Å². The summed E-state index contributed by atoms with van der Waals surface area (Å²) in [5, 5.41) is 2.92. The summed E-state index contributed by atoms with van der Waals surface area (Å²) in [4.78, 5) is 25.0. The van der Waals surface area contributed by atoms with Crippen molar-refractivity contribution in [3.8, 4) is 28.4 Å². The van der Waals surface area contributed by atoms with Crippen LogP contribution < -0.4 is 25.0 Å². The first kappa shape index (κ1) is 17.2. The minimum Gasteiger partial charge on any atom is -0.493 e. The Morgan fingerprint density at radius 1 is 1.17 bits per heavy atom. The van der Waals surface area contributed by atoms with Gasteiger partial charge in [-0.25, -0.2) is 0 Å². The molecule has 0 aromatic heterocycles. The summed E-state index contributed by atoms with van der Waals surface area (Å²) in [6, 6.07) is 6.05. The number of thioether (sulfide) groups is 1. The summed E-state index contributed by atoms with van der Waals surface area (Å²) in [7, 11) is 4.57. The number of fused-ring (bicyclic) bond motifs is 3. The van der Waals surface area contributed by atoms with Gasteiger partial charge in [-0.1, -0.05) is 6.07 Å². The van der Waals surface area contributed by atoms with Gasteiger partial charge in [0, 0.05) is 16.6 Å². The van der Waals surface area contributed by atoms with Gasteiger partial charge in [0.2, 0.25) is 11.7 Å². The largest absolute Gasteiger partial charge is 0.493 e. The van der Waals surface area contributed by atoms with Crippen LogP contribution in [0.3, 0.4) is 0 Å². The summed E-state index contributed by atoms with van der Waals surface area (Å²) < 4.78 is 39.3. The van der Waals surface area contributed by atoms with Crippen molar-refractivity contribution in [2.45, 2.75) is 30.7 Å². The molecule has 0 saturated heterocycles. The Kier molecular flexibility index (Phi) is 5.21. The first-order valence-electron chi connectivity index (χ1n) is 10.6. The highest BCUT2D eigenvalue weighted by Crippen LogP contribution is 2.50. The number of ether oxygens (including phenoxy) is 3. The van der Waals surface area contributed by atoms with Gasteiger partial charge < -0.3 is 19.5 Å². The van der Waals surface area contributed by atoms with E-state index < -0.39 is 17.7 Å². The molecule has 0 fully saturated rings. The highest BCUT2D eigenvalue weighted by molar-refractivity contribution is 7.98. The number of aryl methyl sites for hydroxylation is 1. The molecule has 29 heavy (non-hydrogen) atoms. The van der Waals surface area contributed by atoms with Crippen LogP contribution in [0, 0.1) is 0 Å². The molecule has 1 atom stereocenters. The lowest BCUT2D eigenvalue weighted by Gasteiger charge is -2.19. The lowest BCUT2D eigenvalue weighted by Crippen LogP contribution is -2.26. The minimum atomic E-state index is -2.37. The summed E-state index contributed by atoms with van der Waals surface area (Å²) in [6.07, 6.45) is -1.25. The van der Waals surface area contributed by atoms with Crippen LogP contribution in [-0.2, 0) is 11.2 Å². The topological polar surface area (TPSA) is 73.9 Å². The van der Waals surface area contributed by atoms with Gasteiger partial charge in [0.1, 0.15) is 0 Å². The van der Waals surface area contributed by atoms with Gasteiger partial charge >= 0.3 is 0 Å². The highest BCUT2D eigenvalue weighted by Gasteiger charge is 2.29. The molecule has 0 radical (unpaired) electrons. The van der Waals surface area contributed by atoms with E-state index in [-0.39, 0.29) is 10.8 Å². The zero-order valence-corrected chi connectivity index (χ0v) is 17.6. The lowest BCUT2D eigenvalue weighted by molar-refractivity contribution is -0.119. The molecule has 1 N–H and O–H groups in total. The molecule has 2 aromatic carbocycles. The monoisotopic (exact) mass is 418 g/mol. The average molecular weight is 419 g/mol. The molecular weight excluding hydrogens is 390 g/mol. The number of rotatable bonds is 5. The summed E-state index contributed by atoms with van der Waals surface area (Å²) in [5.41, 5.74) is 2.44. The molecule has 0 unspecified atom stereocenters. The third-order valence-electron chi connectivity index (χ3n) is 4.99. The van der Waals surface area contributed by atoms with Crippen LogP contribution in [-0.4, -0.2) is 33.4 Å². The van der Waals surface area contributed by atoms with Gasteiger partial charge in [-0.15, -0.1) is 11.8 Å². The Morgan fingerprint density at radius 2 is 1.93 bits per heavy atom. The zero-order chi connectivity index (χ0) is 23.6. The van der Waals surface area contributed by atoms with Crippen LogP contribution in [0.2, 0.25) is 0 Å². The highest BCUT2D eigenvalue weighted by atomic mass is 32.2. The van der Waals surface area contributed by atoms with E-state index in [2.05, 4.69) is 5.32 Å². The number of hydrogen-bond acceptors (Lipinski definition) is 6. The van der Waals surface area contributed by atoms with Gasteiger partial charge in [0.25, 0.3) is 0 Å². The van der Waals surface area contributed by atoms with Crippen LogP contribution in [0.5, 0.6) is 17.2 Å². The van der Waals surface area contributed by atoms with E-state index in [1.807, 2.05) is 6.07 Å². The van der Waals surface area contributed by atoms with Crippen LogP contribution >= 0.6 is 11.8 Å². The summed E-state index contributed by atoms with van der Waals surface area (Å²) >= 11 is 0.529. The Bertz CT molecular complexity index is 1100. The van der Waals surface area contributed by atoms with E-state index in [1.165, 1.54) is 40.4 Å². The molecule has 154 valence electrons. The van der Waals surface area contributed by atoms with Crippen molar-refractivity contribution in [3.05, 3.63) is 45.6 Å². The van der Waals surface area contributed by atoms with E-state index in [4.69, 9.17) is 18.3 Å². The molecular formula is C22H25NO5S. The standard InChI is InChI=1S/C22H25NO5S/c1-12(24)23-16-8-6-13-10-18(26-2)21(27-3)22(28-4)20(13)14-7-9-19(29-5)17(25)11-15(14)16/h7,9-11,16H,6,8H2,1-5H3,(H,23,24)/t16-/m0/s1/i5D3. The number of hydrogen-bond donors (Lipinski definition) is 1. The third kappa shape index (κ3) is 3.92.